The SMILES string of the molecule is C#CCN(CC(=O)O)C(=O)COCCOC. The minimum absolute atomic E-state index is 0.0429. The van der Waals surface area contributed by atoms with Gasteiger partial charge in [-0.15, -0.1) is 6.42 Å². The van der Waals surface area contributed by atoms with E-state index >= 15 is 0 Å². The lowest BCUT2D eigenvalue weighted by molar-refractivity contribution is -0.146. The molecule has 0 spiro atoms. The first-order valence-corrected chi connectivity index (χ1v) is 4.61. The third-order valence-electron chi connectivity index (χ3n) is 1.62. The summed E-state index contributed by atoms with van der Waals surface area (Å²) < 4.78 is 9.69. The zero-order chi connectivity index (χ0) is 12.4. The fraction of sp³-hybridized carbons (Fsp3) is 0.600. The molecule has 0 aromatic carbocycles. The molecular weight excluding hydrogens is 214 g/mol. The summed E-state index contributed by atoms with van der Waals surface area (Å²) >= 11 is 0. The third kappa shape index (κ3) is 6.81. The van der Waals surface area contributed by atoms with E-state index in [1.165, 1.54) is 7.11 Å². The van der Waals surface area contributed by atoms with E-state index in [0.29, 0.717) is 6.61 Å². The van der Waals surface area contributed by atoms with Gasteiger partial charge in [0, 0.05) is 7.11 Å². The van der Waals surface area contributed by atoms with Crippen molar-refractivity contribution < 1.29 is 24.2 Å². The quantitative estimate of drug-likeness (QED) is 0.435. The number of methoxy groups -OCH3 is 1. The molecule has 0 aliphatic rings. The van der Waals surface area contributed by atoms with Crippen LogP contribution in [0.3, 0.4) is 0 Å². The van der Waals surface area contributed by atoms with Crippen molar-refractivity contribution in [2.45, 2.75) is 0 Å². The Bertz CT molecular complexity index is 271. The van der Waals surface area contributed by atoms with E-state index in [9.17, 15) is 9.59 Å². The minimum atomic E-state index is -1.11. The number of aliphatic carboxylic acids is 1. The maximum absolute atomic E-state index is 11.4. The molecule has 0 fully saturated rings. The number of terminal acetylenes is 1. The van der Waals surface area contributed by atoms with Crippen molar-refractivity contribution in [3.63, 3.8) is 0 Å². The number of carbonyl (C=O) groups is 2. The lowest BCUT2D eigenvalue weighted by atomic mass is 10.4. The fourth-order valence-corrected chi connectivity index (χ4v) is 0.899. The molecule has 1 amide bonds. The predicted octanol–water partition coefficient (Wildman–Crippen LogP) is -0.804. The number of rotatable bonds is 8. The highest BCUT2D eigenvalue weighted by atomic mass is 16.5. The van der Waals surface area contributed by atoms with E-state index < -0.39 is 18.4 Å². The van der Waals surface area contributed by atoms with Crippen LogP contribution in [-0.4, -0.2) is 61.9 Å². The van der Waals surface area contributed by atoms with Crippen molar-refractivity contribution in [2.75, 3.05) is 40.0 Å². The molecule has 0 aromatic rings. The topological polar surface area (TPSA) is 76.1 Å². The highest BCUT2D eigenvalue weighted by Crippen LogP contribution is 1.91. The maximum atomic E-state index is 11.4. The first-order chi connectivity index (χ1) is 7.61. The maximum Gasteiger partial charge on any atom is 0.323 e. The van der Waals surface area contributed by atoms with E-state index in [0.717, 1.165) is 4.90 Å². The number of hydrogen-bond donors (Lipinski definition) is 1. The van der Waals surface area contributed by atoms with Gasteiger partial charge in [-0.25, -0.2) is 0 Å². The van der Waals surface area contributed by atoms with Gasteiger partial charge in [-0.1, -0.05) is 5.92 Å². The minimum Gasteiger partial charge on any atom is -0.480 e. The Morgan fingerprint density at radius 3 is 2.62 bits per heavy atom. The standard InChI is InChI=1S/C10H15NO5/c1-3-4-11(7-10(13)14)9(12)8-16-6-5-15-2/h1H,4-8H2,2H3,(H,13,14). The number of carboxylic acid groups (broad SMARTS) is 1. The highest BCUT2D eigenvalue weighted by molar-refractivity contribution is 5.82. The van der Waals surface area contributed by atoms with Gasteiger partial charge in [0.1, 0.15) is 13.2 Å². The smallest absolute Gasteiger partial charge is 0.323 e. The number of nitrogens with zero attached hydrogens (tertiary/aromatic N) is 1. The molecule has 0 radical (unpaired) electrons. The monoisotopic (exact) mass is 229 g/mol. The Morgan fingerprint density at radius 2 is 2.12 bits per heavy atom. The Kier molecular flexibility index (Phi) is 7.85. The summed E-state index contributed by atoms with van der Waals surface area (Å²) in [4.78, 5) is 22.9. The van der Waals surface area contributed by atoms with Gasteiger partial charge in [0.2, 0.25) is 5.91 Å². The first kappa shape index (κ1) is 14.4. The predicted molar refractivity (Wildman–Crippen MR) is 55.7 cm³/mol. The van der Waals surface area contributed by atoms with E-state index in [1.807, 2.05) is 0 Å². The molecule has 0 aromatic heterocycles. The largest absolute Gasteiger partial charge is 0.480 e. The van der Waals surface area contributed by atoms with Crippen molar-refractivity contribution in [1.82, 2.24) is 4.90 Å². The van der Waals surface area contributed by atoms with Crippen LogP contribution in [0.5, 0.6) is 0 Å². The molecule has 0 aliphatic carbocycles. The van der Waals surface area contributed by atoms with Gasteiger partial charge in [-0.05, 0) is 0 Å². The molecule has 6 nitrogen and oxygen atoms in total. The fourth-order valence-electron chi connectivity index (χ4n) is 0.899. The van der Waals surface area contributed by atoms with Crippen LogP contribution in [0.1, 0.15) is 0 Å². The van der Waals surface area contributed by atoms with Crippen LogP contribution in [0.15, 0.2) is 0 Å². The van der Waals surface area contributed by atoms with E-state index in [1.54, 1.807) is 0 Å². The Morgan fingerprint density at radius 1 is 1.44 bits per heavy atom. The second kappa shape index (κ2) is 8.71. The van der Waals surface area contributed by atoms with Crippen LogP contribution in [0.25, 0.3) is 0 Å². The van der Waals surface area contributed by atoms with Gasteiger partial charge in [-0.2, -0.15) is 0 Å². The van der Waals surface area contributed by atoms with Gasteiger partial charge < -0.3 is 19.5 Å². The van der Waals surface area contributed by atoms with Crippen LogP contribution < -0.4 is 0 Å². The van der Waals surface area contributed by atoms with Crippen molar-refractivity contribution in [3.05, 3.63) is 0 Å². The molecular formula is C10H15NO5. The van der Waals surface area contributed by atoms with Gasteiger partial charge in [0.25, 0.3) is 0 Å². The van der Waals surface area contributed by atoms with Gasteiger partial charge in [0.05, 0.1) is 19.8 Å². The highest BCUT2D eigenvalue weighted by Gasteiger charge is 2.15. The van der Waals surface area contributed by atoms with Gasteiger partial charge >= 0.3 is 5.97 Å². The molecule has 0 heterocycles. The molecule has 0 unspecified atom stereocenters. The van der Waals surface area contributed by atoms with Crippen LogP contribution in [0.2, 0.25) is 0 Å². The Labute approximate surface area is 94.1 Å². The zero-order valence-electron chi connectivity index (χ0n) is 9.14. The van der Waals surface area contributed by atoms with Crippen molar-refractivity contribution in [2.24, 2.45) is 0 Å². The molecule has 0 bridgehead atoms. The molecule has 16 heavy (non-hydrogen) atoms. The summed E-state index contributed by atoms with van der Waals surface area (Å²) in [6, 6.07) is 0. The summed E-state index contributed by atoms with van der Waals surface area (Å²) in [5.74, 6) is 0.659. The molecule has 90 valence electrons. The lowest BCUT2D eigenvalue weighted by Gasteiger charge is -2.17. The Hall–Kier alpha value is -1.58. The first-order valence-electron chi connectivity index (χ1n) is 4.61. The molecule has 1 N–H and O–H groups in total. The van der Waals surface area contributed by atoms with Crippen molar-refractivity contribution in [3.8, 4) is 12.3 Å². The average Bonchev–Trinajstić information content (AvgIpc) is 2.23. The number of carbonyl (C=O) groups excluding carboxylic acids is 1. The summed E-state index contributed by atoms with van der Waals surface area (Å²) in [5, 5.41) is 8.55. The third-order valence-corrected chi connectivity index (χ3v) is 1.62. The van der Waals surface area contributed by atoms with Crippen LogP contribution in [0.4, 0.5) is 0 Å². The molecule has 6 heteroatoms. The second-order valence-corrected chi connectivity index (χ2v) is 2.89. The Balaban J connectivity index is 3.97. The molecule has 0 saturated carbocycles. The van der Waals surface area contributed by atoms with Gasteiger partial charge in [-0.3, -0.25) is 9.59 Å². The van der Waals surface area contributed by atoms with E-state index in [4.69, 9.17) is 21.0 Å². The normalized spacial score (nSPS) is 9.50. The number of amides is 1. The molecule has 0 atom stereocenters. The number of carboxylic acids is 1. The number of hydrogen-bond acceptors (Lipinski definition) is 4. The van der Waals surface area contributed by atoms with Crippen molar-refractivity contribution >= 4 is 11.9 Å². The average molecular weight is 229 g/mol. The van der Waals surface area contributed by atoms with E-state index in [2.05, 4.69) is 5.92 Å². The molecule has 0 saturated heterocycles. The summed E-state index contributed by atoms with van der Waals surface area (Å²) in [6.07, 6.45) is 5.02. The second-order valence-electron chi connectivity index (χ2n) is 2.89. The van der Waals surface area contributed by atoms with Crippen LogP contribution in [0, 0.1) is 12.3 Å². The summed E-state index contributed by atoms with van der Waals surface area (Å²) in [6.45, 7) is -0.00564. The van der Waals surface area contributed by atoms with Gasteiger partial charge in [0.15, 0.2) is 0 Å². The van der Waals surface area contributed by atoms with Crippen LogP contribution >= 0.6 is 0 Å². The van der Waals surface area contributed by atoms with Crippen LogP contribution in [-0.2, 0) is 19.1 Å². The summed E-state index contributed by atoms with van der Waals surface area (Å²) in [5.41, 5.74) is 0. The zero-order valence-corrected chi connectivity index (χ0v) is 9.14. The molecule has 0 aliphatic heterocycles. The van der Waals surface area contributed by atoms with E-state index in [-0.39, 0.29) is 19.8 Å². The molecule has 0 rings (SSSR count). The summed E-state index contributed by atoms with van der Waals surface area (Å²) in [7, 11) is 1.51. The van der Waals surface area contributed by atoms with Crippen molar-refractivity contribution in [1.29, 1.82) is 0 Å². The lowest BCUT2D eigenvalue weighted by Crippen LogP contribution is -2.38. The number of ether oxygens (including phenoxy) is 2.